The molecule has 0 spiro atoms. The molecule has 0 amide bonds. The molecule has 1 heterocycles. The van der Waals surface area contributed by atoms with E-state index < -0.39 is 5.97 Å². The topological polar surface area (TPSA) is 55.1 Å². The molecule has 0 atom stereocenters. The van der Waals surface area contributed by atoms with Crippen molar-refractivity contribution in [3.05, 3.63) is 52.3 Å². The van der Waals surface area contributed by atoms with Gasteiger partial charge in [-0.15, -0.1) is 0 Å². The summed E-state index contributed by atoms with van der Waals surface area (Å²) in [5.41, 5.74) is 4.97. The van der Waals surface area contributed by atoms with Crippen LogP contribution in [-0.2, 0) is 17.8 Å². The molecule has 0 unspecified atom stereocenters. The molecule has 4 heteroatoms. The molecule has 19 heavy (non-hydrogen) atoms. The van der Waals surface area contributed by atoms with Crippen molar-refractivity contribution in [1.82, 2.24) is 9.78 Å². The summed E-state index contributed by atoms with van der Waals surface area (Å²) in [4.78, 5) is 10.9. The number of nitrogens with zero attached hydrogens (tertiary/aromatic N) is 2. The molecule has 100 valence electrons. The van der Waals surface area contributed by atoms with Gasteiger partial charge in [0.25, 0.3) is 0 Å². The van der Waals surface area contributed by atoms with E-state index in [4.69, 9.17) is 5.11 Å². The van der Waals surface area contributed by atoms with Gasteiger partial charge >= 0.3 is 5.97 Å². The van der Waals surface area contributed by atoms with Gasteiger partial charge in [-0.3, -0.25) is 9.48 Å². The fourth-order valence-corrected chi connectivity index (χ4v) is 2.24. The highest BCUT2D eigenvalue weighted by Gasteiger charge is 2.14. The van der Waals surface area contributed by atoms with Gasteiger partial charge in [-0.1, -0.05) is 24.3 Å². The van der Waals surface area contributed by atoms with E-state index >= 15 is 0 Å². The summed E-state index contributed by atoms with van der Waals surface area (Å²) in [6.07, 6.45) is 0.0332. The smallest absolute Gasteiger partial charge is 0.307 e. The molecule has 0 saturated carbocycles. The second-order valence-electron chi connectivity index (χ2n) is 4.80. The first kappa shape index (κ1) is 13.3. The molecule has 4 nitrogen and oxygen atoms in total. The van der Waals surface area contributed by atoms with Crippen LogP contribution in [0.25, 0.3) is 0 Å². The summed E-state index contributed by atoms with van der Waals surface area (Å²) >= 11 is 0. The van der Waals surface area contributed by atoms with Crippen molar-refractivity contribution in [2.45, 2.75) is 33.7 Å². The molecule has 0 bridgehead atoms. The fourth-order valence-electron chi connectivity index (χ4n) is 2.24. The van der Waals surface area contributed by atoms with Crippen molar-refractivity contribution in [3.63, 3.8) is 0 Å². The van der Waals surface area contributed by atoms with E-state index in [2.05, 4.69) is 24.2 Å². The molecule has 0 aliphatic heterocycles. The van der Waals surface area contributed by atoms with Gasteiger partial charge in [0.2, 0.25) is 0 Å². The lowest BCUT2D eigenvalue weighted by Gasteiger charge is -2.08. The number of carboxylic acid groups (broad SMARTS) is 1. The summed E-state index contributed by atoms with van der Waals surface area (Å²) in [5.74, 6) is -0.818. The number of aliphatic carboxylic acids is 1. The van der Waals surface area contributed by atoms with Gasteiger partial charge in [0, 0.05) is 11.3 Å². The highest BCUT2D eigenvalue weighted by molar-refractivity contribution is 5.70. The number of carbonyl (C=O) groups is 1. The predicted octanol–water partition coefficient (Wildman–Crippen LogP) is 2.48. The standard InChI is InChI=1S/C15H18N2O2/c1-10-6-4-5-7-13(10)9-17-12(3)14(8-15(18)19)11(2)16-17/h4-7H,8-9H2,1-3H3,(H,18,19). The predicted molar refractivity (Wildman–Crippen MR) is 73.3 cm³/mol. The minimum Gasteiger partial charge on any atom is -0.481 e. The first-order valence-corrected chi connectivity index (χ1v) is 6.28. The SMILES string of the molecule is Cc1ccccc1Cn1nc(C)c(CC(=O)O)c1C. The van der Waals surface area contributed by atoms with Gasteiger partial charge in [0.1, 0.15) is 0 Å². The third kappa shape index (κ3) is 2.84. The summed E-state index contributed by atoms with van der Waals surface area (Å²) in [7, 11) is 0. The van der Waals surface area contributed by atoms with Gasteiger partial charge in [0.05, 0.1) is 18.7 Å². The number of aryl methyl sites for hydroxylation is 2. The molecule has 0 saturated heterocycles. The van der Waals surface area contributed by atoms with E-state index in [-0.39, 0.29) is 6.42 Å². The molecule has 2 aromatic rings. The average Bonchev–Trinajstić information content (AvgIpc) is 2.60. The van der Waals surface area contributed by atoms with E-state index in [1.165, 1.54) is 11.1 Å². The Bertz CT molecular complexity index is 615. The molecule has 2 rings (SSSR count). The van der Waals surface area contributed by atoms with E-state index in [1.54, 1.807) is 0 Å². The summed E-state index contributed by atoms with van der Waals surface area (Å²) in [6.45, 7) is 6.54. The highest BCUT2D eigenvalue weighted by Crippen LogP contribution is 2.16. The van der Waals surface area contributed by atoms with E-state index in [1.807, 2.05) is 30.7 Å². The summed E-state index contributed by atoms with van der Waals surface area (Å²) in [5, 5.41) is 13.4. The zero-order valence-corrected chi connectivity index (χ0v) is 11.5. The minimum absolute atomic E-state index is 0.0332. The molecular formula is C15H18N2O2. The Morgan fingerprint density at radius 1 is 1.26 bits per heavy atom. The van der Waals surface area contributed by atoms with E-state index in [9.17, 15) is 4.79 Å². The van der Waals surface area contributed by atoms with Crippen LogP contribution >= 0.6 is 0 Å². The number of aromatic nitrogens is 2. The van der Waals surface area contributed by atoms with Crippen LogP contribution in [0.1, 0.15) is 28.1 Å². The maximum absolute atomic E-state index is 10.9. The largest absolute Gasteiger partial charge is 0.481 e. The maximum atomic E-state index is 10.9. The van der Waals surface area contributed by atoms with Crippen molar-refractivity contribution in [2.75, 3.05) is 0 Å². The lowest BCUT2D eigenvalue weighted by atomic mass is 10.1. The van der Waals surface area contributed by atoms with Crippen molar-refractivity contribution >= 4 is 5.97 Å². The van der Waals surface area contributed by atoms with Crippen LogP contribution in [-0.4, -0.2) is 20.9 Å². The lowest BCUT2D eigenvalue weighted by Crippen LogP contribution is -2.07. The molecule has 1 aromatic carbocycles. The molecule has 1 N–H and O–H groups in total. The van der Waals surface area contributed by atoms with Crippen LogP contribution in [0.3, 0.4) is 0 Å². The molecule has 1 aromatic heterocycles. The van der Waals surface area contributed by atoms with Gasteiger partial charge in [-0.25, -0.2) is 0 Å². The van der Waals surface area contributed by atoms with Gasteiger partial charge in [-0.05, 0) is 31.9 Å². The Hall–Kier alpha value is -2.10. The van der Waals surface area contributed by atoms with Crippen molar-refractivity contribution in [1.29, 1.82) is 0 Å². The van der Waals surface area contributed by atoms with Crippen LogP contribution in [0.5, 0.6) is 0 Å². The first-order chi connectivity index (χ1) is 8.99. The second-order valence-corrected chi connectivity index (χ2v) is 4.80. The van der Waals surface area contributed by atoms with Gasteiger partial charge in [-0.2, -0.15) is 5.10 Å². The second kappa shape index (κ2) is 5.26. The average molecular weight is 258 g/mol. The van der Waals surface area contributed by atoms with Gasteiger partial charge < -0.3 is 5.11 Å². The third-order valence-corrected chi connectivity index (χ3v) is 3.44. The molecular weight excluding hydrogens is 240 g/mol. The zero-order chi connectivity index (χ0) is 14.0. The fraction of sp³-hybridized carbons (Fsp3) is 0.333. The summed E-state index contributed by atoms with van der Waals surface area (Å²) in [6, 6.07) is 8.16. The molecule has 0 fully saturated rings. The quantitative estimate of drug-likeness (QED) is 0.916. The number of rotatable bonds is 4. The number of hydrogen-bond donors (Lipinski definition) is 1. The maximum Gasteiger partial charge on any atom is 0.307 e. The monoisotopic (exact) mass is 258 g/mol. The number of benzene rings is 1. The molecule has 0 aliphatic rings. The third-order valence-electron chi connectivity index (χ3n) is 3.44. The number of hydrogen-bond acceptors (Lipinski definition) is 2. The van der Waals surface area contributed by atoms with Crippen molar-refractivity contribution in [2.24, 2.45) is 0 Å². The normalized spacial score (nSPS) is 10.7. The van der Waals surface area contributed by atoms with E-state index in [0.717, 1.165) is 17.0 Å². The minimum atomic E-state index is -0.818. The Morgan fingerprint density at radius 2 is 1.95 bits per heavy atom. The van der Waals surface area contributed by atoms with Crippen LogP contribution in [0.2, 0.25) is 0 Å². The van der Waals surface area contributed by atoms with Crippen molar-refractivity contribution < 1.29 is 9.90 Å². The Labute approximate surface area is 112 Å². The molecule has 0 aliphatic carbocycles. The summed E-state index contributed by atoms with van der Waals surface area (Å²) < 4.78 is 1.88. The highest BCUT2D eigenvalue weighted by atomic mass is 16.4. The zero-order valence-electron chi connectivity index (χ0n) is 11.5. The Kier molecular flexibility index (Phi) is 3.69. The molecule has 0 radical (unpaired) electrons. The van der Waals surface area contributed by atoms with Gasteiger partial charge in [0.15, 0.2) is 0 Å². The van der Waals surface area contributed by atoms with Crippen LogP contribution in [0.4, 0.5) is 0 Å². The number of carboxylic acids is 1. The Morgan fingerprint density at radius 3 is 2.58 bits per heavy atom. The van der Waals surface area contributed by atoms with Crippen molar-refractivity contribution in [3.8, 4) is 0 Å². The van der Waals surface area contributed by atoms with Crippen LogP contribution in [0.15, 0.2) is 24.3 Å². The van der Waals surface area contributed by atoms with Crippen LogP contribution < -0.4 is 0 Å². The van der Waals surface area contributed by atoms with E-state index in [0.29, 0.717) is 6.54 Å². The lowest BCUT2D eigenvalue weighted by molar-refractivity contribution is -0.136. The first-order valence-electron chi connectivity index (χ1n) is 6.28. The Balaban J connectivity index is 2.32. The van der Waals surface area contributed by atoms with Crippen LogP contribution in [0, 0.1) is 20.8 Å².